The molecule has 1 aliphatic rings. The van der Waals surface area contributed by atoms with Gasteiger partial charge in [-0.15, -0.1) is 0 Å². The van der Waals surface area contributed by atoms with Crippen molar-refractivity contribution in [2.75, 3.05) is 19.8 Å². The number of allylic oxidation sites excluding steroid dienone is 2. The molecule has 0 saturated carbocycles. The Morgan fingerprint density at radius 2 is 0.869 bits per heavy atom. The fraction of sp³-hybridized carbons (Fsp3) is 0.922. The number of rotatable bonds is 44. The standard InChI is InChI=1S/C51H96O10/c1-3-5-7-9-11-13-15-17-18-19-20-21-22-23-24-25-26-28-30-32-34-36-38-40-47(54)60-44(43-59-51-50(57)49(56)48(55)45(41-52)61-51)42-58-46(53)39-37-35-33-31-29-27-16-14-12-10-8-6-4-2/h19-20,44-45,48-52,55-57H,3-18,21-43H2,1-2H3/b20-19-. The Bertz CT molecular complexity index is 1010. The number of hydrogen-bond acceptors (Lipinski definition) is 10. The van der Waals surface area contributed by atoms with Gasteiger partial charge in [-0.3, -0.25) is 9.59 Å². The second-order valence-electron chi connectivity index (χ2n) is 18.0. The van der Waals surface area contributed by atoms with E-state index in [1.807, 2.05) is 0 Å². The highest BCUT2D eigenvalue weighted by Gasteiger charge is 2.44. The van der Waals surface area contributed by atoms with Crippen LogP contribution in [0.2, 0.25) is 0 Å². The van der Waals surface area contributed by atoms with E-state index in [9.17, 15) is 30.0 Å². The summed E-state index contributed by atoms with van der Waals surface area (Å²) in [4.78, 5) is 25.4. The average molecular weight is 869 g/mol. The zero-order chi connectivity index (χ0) is 44.4. The van der Waals surface area contributed by atoms with Crippen LogP contribution in [0.3, 0.4) is 0 Å². The van der Waals surface area contributed by atoms with Gasteiger partial charge in [-0.2, -0.15) is 0 Å². The molecule has 0 aromatic carbocycles. The average Bonchev–Trinajstić information content (AvgIpc) is 3.26. The zero-order valence-corrected chi connectivity index (χ0v) is 39.4. The molecule has 0 aliphatic carbocycles. The van der Waals surface area contributed by atoms with E-state index in [0.29, 0.717) is 6.42 Å². The molecule has 0 amide bonds. The molecule has 1 rings (SSSR count). The van der Waals surface area contributed by atoms with E-state index in [2.05, 4.69) is 26.0 Å². The molecular formula is C51H96O10. The third kappa shape index (κ3) is 33.6. The molecule has 1 aliphatic heterocycles. The maximum Gasteiger partial charge on any atom is 0.306 e. The number of hydrogen-bond donors (Lipinski definition) is 4. The van der Waals surface area contributed by atoms with Crippen LogP contribution >= 0.6 is 0 Å². The van der Waals surface area contributed by atoms with Crippen LogP contribution in [0.4, 0.5) is 0 Å². The van der Waals surface area contributed by atoms with Crippen molar-refractivity contribution in [3.63, 3.8) is 0 Å². The van der Waals surface area contributed by atoms with E-state index in [-0.39, 0.29) is 32.0 Å². The Hall–Kier alpha value is -1.56. The van der Waals surface area contributed by atoms with Crippen molar-refractivity contribution >= 4 is 11.9 Å². The summed E-state index contributed by atoms with van der Waals surface area (Å²) < 4.78 is 22.2. The highest BCUT2D eigenvalue weighted by Crippen LogP contribution is 2.23. The van der Waals surface area contributed by atoms with E-state index < -0.39 is 49.4 Å². The Morgan fingerprint density at radius 1 is 0.492 bits per heavy atom. The van der Waals surface area contributed by atoms with Crippen molar-refractivity contribution in [2.24, 2.45) is 0 Å². The first kappa shape index (κ1) is 57.5. The topological polar surface area (TPSA) is 152 Å². The van der Waals surface area contributed by atoms with E-state index in [1.54, 1.807) is 0 Å². The zero-order valence-electron chi connectivity index (χ0n) is 39.4. The van der Waals surface area contributed by atoms with Gasteiger partial charge in [0.25, 0.3) is 0 Å². The Balaban J connectivity index is 2.22. The lowest BCUT2D eigenvalue weighted by atomic mass is 9.99. The normalized spacial score (nSPS) is 19.7. The predicted molar refractivity (Wildman–Crippen MR) is 247 cm³/mol. The fourth-order valence-electron chi connectivity index (χ4n) is 8.07. The number of unbranched alkanes of at least 4 members (excludes halogenated alkanes) is 31. The maximum absolute atomic E-state index is 12.8. The minimum absolute atomic E-state index is 0.211. The summed E-state index contributed by atoms with van der Waals surface area (Å²) in [5, 5.41) is 40.2. The maximum atomic E-state index is 12.8. The first-order chi connectivity index (χ1) is 29.8. The van der Waals surface area contributed by atoms with E-state index in [1.165, 1.54) is 173 Å². The van der Waals surface area contributed by atoms with Crippen LogP contribution in [-0.2, 0) is 28.5 Å². The van der Waals surface area contributed by atoms with Crippen LogP contribution in [0.25, 0.3) is 0 Å². The van der Waals surface area contributed by atoms with Crippen molar-refractivity contribution in [2.45, 2.75) is 282 Å². The van der Waals surface area contributed by atoms with Gasteiger partial charge < -0.3 is 39.4 Å². The summed E-state index contributed by atoms with van der Waals surface area (Å²) in [6.07, 6.45) is 39.4. The molecule has 4 N–H and O–H groups in total. The number of carbonyl (C=O) groups excluding carboxylic acids is 2. The summed E-state index contributed by atoms with van der Waals surface area (Å²) in [6, 6.07) is 0. The van der Waals surface area contributed by atoms with Crippen LogP contribution in [0.5, 0.6) is 0 Å². The number of aliphatic hydroxyl groups is 4. The quantitative estimate of drug-likeness (QED) is 0.0264. The molecular weight excluding hydrogens is 773 g/mol. The van der Waals surface area contributed by atoms with Crippen LogP contribution in [0, 0.1) is 0 Å². The molecule has 0 radical (unpaired) electrons. The first-order valence-corrected chi connectivity index (χ1v) is 25.8. The van der Waals surface area contributed by atoms with Gasteiger partial charge >= 0.3 is 11.9 Å². The van der Waals surface area contributed by atoms with Crippen molar-refractivity contribution in [3.05, 3.63) is 12.2 Å². The number of aliphatic hydroxyl groups excluding tert-OH is 4. The summed E-state index contributed by atoms with van der Waals surface area (Å²) in [6.45, 7) is 3.46. The lowest BCUT2D eigenvalue weighted by molar-refractivity contribution is -0.305. The molecule has 10 heteroatoms. The van der Waals surface area contributed by atoms with Crippen molar-refractivity contribution < 1.29 is 49.0 Å². The fourth-order valence-corrected chi connectivity index (χ4v) is 8.07. The van der Waals surface area contributed by atoms with Crippen molar-refractivity contribution in [1.29, 1.82) is 0 Å². The summed E-state index contributed by atoms with van der Waals surface area (Å²) >= 11 is 0. The lowest BCUT2D eigenvalue weighted by Crippen LogP contribution is -2.59. The van der Waals surface area contributed by atoms with Crippen molar-refractivity contribution in [1.82, 2.24) is 0 Å². The Labute approximate surface area is 373 Å². The minimum atomic E-state index is -1.59. The van der Waals surface area contributed by atoms with Crippen LogP contribution in [0.15, 0.2) is 12.2 Å². The highest BCUT2D eigenvalue weighted by atomic mass is 16.7. The van der Waals surface area contributed by atoms with E-state index >= 15 is 0 Å². The smallest absolute Gasteiger partial charge is 0.306 e. The molecule has 61 heavy (non-hydrogen) atoms. The molecule has 1 fully saturated rings. The van der Waals surface area contributed by atoms with Crippen LogP contribution in [-0.4, -0.2) is 89.0 Å². The Morgan fingerprint density at radius 3 is 1.28 bits per heavy atom. The van der Waals surface area contributed by atoms with Gasteiger partial charge in [-0.1, -0.05) is 206 Å². The molecule has 6 atom stereocenters. The van der Waals surface area contributed by atoms with Gasteiger partial charge in [0.05, 0.1) is 13.2 Å². The van der Waals surface area contributed by atoms with Gasteiger partial charge in [-0.05, 0) is 38.5 Å². The third-order valence-electron chi connectivity index (χ3n) is 12.2. The number of esters is 2. The summed E-state index contributed by atoms with van der Waals surface area (Å²) in [5.74, 6) is -0.793. The van der Waals surface area contributed by atoms with Gasteiger partial charge in [0, 0.05) is 12.8 Å². The molecule has 1 heterocycles. The molecule has 10 nitrogen and oxygen atoms in total. The third-order valence-corrected chi connectivity index (χ3v) is 12.2. The van der Waals surface area contributed by atoms with Gasteiger partial charge in [0.15, 0.2) is 12.4 Å². The summed E-state index contributed by atoms with van der Waals surface area (Å²) in [5.41, 5.74) is 0. The first-order valence-electron chi connectivity index (χ1n) is 25.8. The molecule has 6 unspecified atom stereocenters. The van der Waals surface area contributed by atoms with E-state index in [4.69, 9.17) is 18.9 Å². The van der Waals surface area contributed by atoms with Crippen LogP contribution < -0.4 is 0 Å². The van der Waals surface area contributed by atoms with Gasteiger partial charge in [-0.25, -0.2) is 0 Å². The Kier molecular flexibility index (Phi) is 39.9. The number of carbonyl (C=O) groups is 2. The predicted octanol–water partition coefficient (Wildman–Crippen LogP) is 11.9. The highest BCUT2D eigenvalue weighted by molar-refractivity contribution is 5.70. The van der Waals surface area contributed by atoms with Gasteiger partial charge in [0.1, 0.15) is 31.0 Å². The second kappa shape index (κ2) is 42.4. The lowest BCUT2D eigenvalue weighted by Gasteiger charge is -2.39. The molecule has 0 aromatic rings. The molecule has 360 valence electrons. The van der Waals surface area contributed by atoms with Crippen LogP contribution in [0.1, 0.15) is 245 Å². The minimum Gasteiger partial charge on any atom is -0.462 e. The molecule has 0 bridgehead atoms. The molecule has 0 aromatic heterocycles. The SMILES string of the molecule is CCCCCCCCCC/C=C\CCCCCCCCCCCCCC(=O)OC(COC(=O)CCCCCCCCCCCCCCC)COC1OC(CO)C(O)C(O)C1O. The molecule has 1 saturated heterocycles. The van der Waals surface area contributed by atoms with E-state index in [0.717, 1.165) is 38.5 Å². The summed E-state index contributed by atoms with van der Waals surface area (Å²) in [7, 11) is 0. The largest absolute Gasteiger partial charge is 0.462 e. The molecule has 0 spiro atoms. The van der Waals surface area contributed by atoms with Crippen molar-refractivity contribution in [3.8, 4) is 0 Å². The monoisotopic (exact) mass is 869 g/mol. The second-order valence-corrected chi connectivity index (χ2v) is 18.0. The number of ether oxygens (including phenoxy) is 4. The van der Waals surface area contributed by atoms with Gasteiger partial charge in [0.2, 0.25) is 0 Å².